The lowest BCUT2D eigenvalue weighted by Gasteiger charge is -1.99. The maximum absolute atomic E-state index is 5.06. The fourth-order valence-corrected chi connectivity index (χ4v) is 2.95. The first-order chi connectivity index (χ1) is 8.83. The Labute approximate surface area is 116 Å². The highest BCUT2D eigenvalue weighted by atomic mass is 32.2. The molecule has 1 heterocycles. The lowest BCUT2D eigenvalue weighted by molar-refractivity contribution is 0.195. The Morgan fingerprint density at radius 3 is 2.72 bits per heavy atom. The van der Waals surface area contributed by atoms with Gasteiger partial charge in [0.25, 0.3) is 0 Å². The molecule has 0 aliphatic rings. The molecule has 2 aromatic rings. The van der Waals surface area contributed by atoms with Crippen LogP contribution in [-0.2, 0) is 11.2 Å². The van der Waals surface area contributed by atoms with Gasteiger partial charge in [0.15, 0.2) is 0 Å². The van der Waals surface area contributed by atoms with Gasteiger partial charge >= 0.3 is 0 Å². The summed E-state index contributed by atoms with van der Waals surface area (Å²) in [6.45, 7) is 0.803. The van der Waals surface area contributed by atoms with Gasteiger partial charge in [0.05, 0.1) is 10.7 Å². The highest BCUT2D eigenvalue weighted by Gasteiger charge is 2.04. The van der Waals surface area contributed by atoms with Crippen LogP contribution in [0.15, 0.2) is 34.5 Å². The van der Waals surface area contributed by atoms with E-state index in [0.717, 1.165) is 25.1 Å². The van der Waals surface area contributed by atoms with Crippen LogP contribution >= 0.6 is 23.1 Å². The van der Waals surface area contributed by atoms with Gasteiger partial charge in [-0.2, -0.15) is 0 Å². The molecule has 4 heteroatoms. The summed E-state index contributed by atoms with van der Waals surface area (Å²) in [5.74, 6) is 0. The van der Waals surface area contributed by atoms with E-state index in [9.17, 15) is 0 Å². The van der Waals surface area contributed by atoms with Gasteiger partial charge in [0.1, 0.15) is 0 Å². The third-order valence-corrected chi connectivity index (χ3v) is 4.33. The molecule has 0 bridgehead atoms. The van der Waals surface area contributed by atoms with Gasteiger partial charge in [-0.05, 0) is 24.8 Å². The topological polar surface area (TPSA) is 22.1 Å². The molecule has 0 spiro atoms. The number of nitrogens with zero attached hydrogens (tertiary/aromatic N) is 1. The second-order valence-electron chi connectivity index (χ2n) is 3.95. The molecule has 0 amide bonds. The molecule has 2 rings (SSSR count). The van der Waals surface area contributed by atoms with Crippen molar-refractivity contribution in [3.05, 3.63) is 34.7 Å². The van der Waals surface area contributed by atoms with E-state index in [-0.39, 0.29) is 0 Å². The number of aryl methyl sites for hydroxylation is 1. The van der Waals surface area contributed by atoms with Crippen LogP contribution in [0.4, 0.5) is 0 Å². The third-order valence-electron chi connectivity index (χ3n) is 2.68. The molecule has 0 aliphatic heterocycles. The normalized spacial score (nSPS) is 10.8. The number of ether oxygens (including phenoxy) is 1. The summed E-state index contributed by atoms with van der Waals surface area (Å²) in [5, 5.41) is 3.33. The number of hydrogen-bond acceptors (Lipinski definition) is 4. The van der Waals surface area contributed by atoms with Crippen molar-refractivity contribution in [1.82, 2.24) is 4.98 Å². The molecule has 0 fully saturated rings. The monoisotopic (exact) mass is 279 g/mol. The van der Waals surface area contributed by atoms with E-state index in [1.165, 1.54) is 15.5 Å². The minimum atomic E-state index is 0.803. The highest BCUT2D eigenvalue weighted by Crippen LogP contribution is 2.25. The van der Waals surface area contributed by atoms with Gasteiger partial charge in [0.2, 0.25) is 0 Å². The van der Waals surface area contributed by atoms with E-state index in [1.54, 1.807) is 30.2 Å². The van der Waals surface area contributed by atoms with Crippen LogP contribution in [-0.4, -0.2) is 25.0 Å². The van der Waals surface area contributed by atoms with Crippen LogP contribution in [0.25, 0.3) is 11.3 Å². The number of methoxy groups -OCH3 is 1. The van der Waals surface area contributed by atoms with E-state index in [2.05, 4.69) is 40.9 Å². The summed E-state index contributed by atoms with van der Waals surface area (Å²) in [5.41, 5.74) is 2.28. The molecule has 0 aliphatic carbocycles. The van der Waals surface area contributed by atoms with Gasteiger partial charge < -0.3 is 4.74 Å². The highest BCUT2D eigenvalue weighted by molar-refractivity contribution is 7.98. The van der Waals surface area contributed by atoms with Crippen LogP contribution in [0.1, 0.15) is 11.4 Å². The van der Waals surface area contributed by atoms with Crippen LogP contribution < -0.4 is 0 Å². The fourth-order valence-electron chi connectivity index (χ4n) is 1.69. The van der Waals surface area contributed by atoms with Crippen molar-refractivity contribution < 1.29 is 4.74 Å². The molecule has 0 saturated carbocycles. The summed E-state index contributed by atoms with van der Waals surface area (Å²) >= 11 is 3.49. The van der Waals surface area contributed by atoms with E-state index < -0.39 is 0 Å². The Morgan fingerprint density at radius 2 is 2.06 bits per heavy atom. The number of hydrogen-bond donors (Lipinski definition) is 0. The molecule has 0 saturated heterocycles. The first-order valence-corrected chi connectivity index (χ1v) is 8.01. The molecule has 96 valence electrons. The van der Waals surface area contributed by atoms with E-state index in [4.69, 9.17) is 4.74 Å². The predicted octanol–water partition coefficient (Wildman–Crippen LogP) is 4.11. The van der Waals surface area contributed by atoms with Gasteiger partial charge in [-0.25, -0.2) is 4.98 Å². The van der Waals surface area contributed by atoms with Gasteiger partial charge in [-0.1, -0.05) is 12.1 Å². The number of thioether (sulfide) groups is 1. The molecule has 18 heavy (non-hydrogen) atoms. The summed E-state index contributed by atoms with van der Waals surface area (Å²) in [6.07, 6.45) is 4.13. The lowest BCUT2D eigenvalue weighted by atomic mass is 10.2. The maximum Gasteiger partial charge on any atom is 0.0933 e. The Bertz CT molecular complexity index is 479. The van der Waals surface area contributed by atoms with Crippen molar-refractivity contribution in [3.63, 3.8) is 0 Å². The molecule has 0 atom stereocenters. The fraction of sp³-hybridized carbons (Fsp3) is 0.357. The van der Waals surface area contributed by atoms with E-state index >= 15 is 0 Å². The van der Waals surface area contributed by atoms with Crippen LogP contribution in [0.3, 0.4) is 0 Å². The Kier molecular flexibility index (Phi) is 5.23. The van der Waals surface area contributed by atoms with Crippen LogP contribution in [0.2, 0.25) is 0 Å². The van der Waals surface area contributed by atoms with Crippen molar-refractivity contribution >= 4 is 23.1 Å². The van der Waals surface area contributed by atoms with Crippen LogP contribution in [0, 0.1) is 0 Å². The minimum Gasteiger partial charge on any atom is -0.385 e. The summed E-state index contributed by atoms with van der Waals surface area (Å²) < 4.78 is 5.06. The molecule has 0 unspecified atom stereocenters. The largest absolute Gasteiger partial charge is 0.385 e. The zero-order valence-electron chi connectivity index (χ0n) is 10.7. The molecule has 2 nitrogen and oxygen atoms in total. The quantitative estimate of drug-likeness (QED) is 0.587. The van der Waals surface area contributed by atoms with Gasteiger partial charge in [-0.3, -0.25) is 0 Å². The standard InChI is InChI=1S/C14H17NOS2/c1-16-9-3-4-14-15-13(10-18-14)11-5-7-12(17-2)8-6-11/h5-8,10H,3-4,9H2,1-2H3. The molecule has 0 radical (unpaired) electrons. The minimum absolute atomic E-state index is 0.803. The Balaban J connectivity index is 2.04. The zero-order valence-corrected chi connectivity index (χ0v) is 12.3. The van der Waals surface area contributed by atoms with Crippen molar-refractivity contribution in [3.8, 4) is 11.3 Å². The summed E-state index contributed by atoms with van der Waals surface area (Å²) in [4.78, 5) is 5.95. The Hall–Kier alpha value is -0.840. The Morgan fingerprint density at radius 1 is 1.28 bits per heavy atom. The van der Waals surface area contributed by atoms with Crippen molar-refractivity contribution in [2.75, 3.05) is 20.0 Å². The first kappa shape index (κ1) is 13.6. The van der Waals surface area contributed by atoms with Crippen molar-refractivity contribution in [2.24, 2.45) is 0 Å². The number of benzene rings is 1. The van der Waals surface area contributed by atoms with Crippen molar-refractivity contribution in [2.45, 2.75) is 17.7 Å². The molecular weight excluding hydrogens is 262 g/mol. The van der Waals surface area contributed by atoms with Crippen molar-refractivity contribution in [1.29, 1.82) is 0 Å². The second kappa shape index (κ2) is 6.92. The second-order valence-corrected chi connectivity index (χ2v) is 5.77. The average molecular weight is 279 g/mol. The third kappa shape index (κ3) is 3.57. The number of rotatable bonds is 6. The predicted molar refractivity (Wildman–Crippen MR) is 79.5 cm³/mol. The molecule has 0 N–H and O–H groups in total. The zero-order chi connectivity index (χ0) is 12.8. The van der Waals surface area contributed by atoms with Gasteiger partial charge in [-0.15, -0.1) is 23.1 Å². The first-order valence-electron chi connectivity index (χ1n) is 5.91. The number of aromatic nitrogens is 1. The smallest absolute Gasteiger partial charge is 0.0933 e. The summed E-state index contributed by atoms with van der Waals surface area (Å²) in [6, 6.07) is 8.56. The number of thiazole rings is 1. The molecule has 1 aromatic carbocycles. The lowest BCUT2D eigenvalue weighted by Crippen LogP contribution is -1.92. The average Bonchev–Trinajstić information content (AvgIpc) is 2.88. The SMILES string of the molecule is COCCCc1nc(-c2ccc(SC)cc2)cs1. The maximum atomic E-state index is 5.06. The summed E-state index contributed by atoms with van der Waals surface area (Å²) in [7, 11) is 1.74. The van der Waals surface area contributed by atoms with E-state index in [0.29, 0.717) is 0 Å². The molecular formula is C14H17NOS2. The van der Waals surface area contributed by atoms with Gasteiger partial charge in [0, 0.05) is 36.0 Å². The van der Waals surface area contributed by atoms with Crippen LogP contribution in [0.5, 0.6) is 0 Å². The molecule has 1 aromatic heterocycles. The van der Waals surface area contributed by atoms with E-state index in [1.807, 2.05) is 0 Å².